The van der Waals surface area contributed by atoms with Crippen molar-refractivity contribution >= 4 is 63.1 Å². The molecule has 0 amide bonds. The van der Waals surface area contributed by atoms with Crippen molar-refractivity contribution in [2.24, 2.45) is 0 Å². The normalized spacial score (nSPS) is 11.3. The maximum Gasteiger partial charge on any atom is 0.206 e. The fraction of sp³-hybridized carbons (Fsp3) is 0.235. The van der Waals surface area contributed by atoms with Gasteiger partial charge in [-0.25, -0.2) is 16.8 Å². The number of Topliss-reactive ketones (excluding diaryl/α,β-unsaturated/α-hetero) is 2. The standard InChI is InChI=1S/2C17H17BrO4S/c2*1-11-8-15(9-12(2)17(11)16(19)10-18)23(20,21)14-6-4-13(22-3)5-7-14/h2*4-9H,10H2,1-3H3. The average Bonchev–Trinajstić information content (AvgIpc) is 3.04. The van der Waals surface area contributed by atoms with E-state index in [4.69, 9.17) is 9.47 Å². The molecule has 4 aromatic carbocycles. The van der Waals surface area contributed by atoms with Gasteiger partial charge in [-0.15, -0.1) is 0 Å². The number of carbonyl (C=O) groups is 2. The number of hydrogen-bond acceptors (Lipinski definition) is 8. The van der Waals surface area contributed by atoms with E-state index in [1.807, 2.05) is 0 Å². The number of rotatable bonds is 10. The van der Waals surface area contributed by atoms with Gasteiger partial charge in [-0.1, -0.05) is 31.9 Å². The van der Waals surface area contributed by atoms with Crippen LogP contribution in [0.5, 0.6) is 11.5 Å². The van der Waals surface area contributed by atoms with Gasteiger partial charge in [0.15, 0.2) is 11.6 Å². The summed E-state index contributed by atoms with van der Waals surface area (Å²) in [6.07, 6.45) is 0. The molecule has 0 unspecified atom stereocenters. The van der Waals surface area contributed by atoms with Crippen molar-refractivity contribution < 1.29 is 35.9 Å². The quantitative estimate of drug-likeness (QED) is 0.120. The minimum absolute atomic E-state index is 0.0617. The summed E-state index contributed by atoms with van der Waals surface area (Å²) >= 11 is 6.30. The van der Waals surface area contributed by atoms with E-state index < -0.39 is 19.7 Å². The predicted octanol–water partition coefficient (Wildman–Crippen LogP) is 7.44. The van der Waals surface area contributed by atoms with Crippen LogP contribution in [0.3, 0.4) is 0 Å². The topological polar surface area (TPSA) is 121 Å². The molecule has 0 aromatic heterocycles. The Balaban J connectivity index is 0.000000250. The van der Waals surface area contributed by atoms with Gasteiger partial charge in [0.05, 0.1) is 44.5 Å². The Kier molecular flexibility index (Phi) is 12.5. The lowest BCUT2D eigenvalue weighted by Crippen LogP contribution is -2.09. The molecule has 12 heteroatoms. The van der Waals surface area contributed by atoms with Gasteiger partial charge in [-0.05, 0) is 123 Å². The summed E-state index contributed by atoms with van der Waals surface area (Å²) in [4.78, 5) is 24.6. The number of halogens is 2. The van der Waals surface area contributed by atoms with Gasteiger partial charge in [-0.2, -0.15) is 0 Å². The molecule has 4 rings (SSSR count). The Hall–Kier alpha value is -3.32. The predicted molar refractivity (Wildman–Crippen MR) is 185 cm³/mol. The van der Waals surface area contributed by atoms with Gasteiger partial charge in [0.2, 0.25) is 19.7 Å². The summed E-state index contributed by atoms with van der Waals surface area (Å²) in [6.45, 7) is 6.98. The molecule has 4 aromatic rings. The van der Waals surface area contributed by atoms with Gasteiger partial charge >= 0.3 is 0 Å². The summed E-state index contributed by atoms with van der Waals surface area (Å²) in [5.74, 6) is 1.06. The molecule has 0 saturated carbocycles. The maximum absolute atomic E-state index is 12.8. The van der Waals surface area contributed by atoms with Crippen LogP contribution in [-0.4, -0.2) is 53.3 Å². The van der Waals surface area contributed by atoms with E-state index in [9.17, 15) is 26.4 Å². The monoisotopic (exact) mass is 792 g/mol. The largest absolute Gasteiger partial charge is 0.497 e. The van der Waals surface area contributed by atoms with E-state index in [0.717, 1.165) is 0 Å². The lowest BCUT2D eigenvalue weighted by atomic mass is 10.00. The maximum atomic E-state index is 12.8. The van der Waals surface area contributed by atoms with E-state index in [2.05, 4.69) is 31.9 Å². The molecular weight excluding hydrogens is 760 g/mol. The molecule has 0 aliphatic carbocycles. The van der Waals surface area contributed by atoms with Gasteiger partial charge in [0.1, 0.15) is 11.5 Å². The van der Waals surface area contributed by atoms with E-state index in [-0.39, 0.29) is 41.8 Å². The van der Waals surface area contributed by atoms with Crippen molar-refractivity contribution in [2.45, 2.75) is 47.3 Å². The third-order valence-electron chi connectivity index (χ3n) is 7.17. The number of sulfone groups is 2. The molecule has 0 atom stereocenters. The van der Waals surface area contributed by atoms with Crippen LogP contribution >= 0.6 is 31.9 Å². The van der Waals surface area contributed by atoms with Crippen molar-refractivity contribution in [3.05, 3.63) is 106 Å². The van der Waals surface area contributed by atoms with Crippen molar-refractivity contribution in [2.75, 3.05) is 24.9 Å². The second-order valence-electron chi connectivity index (χ2n) is 10.3. The third-order valence-corrected chi connectivity index (χ3v) is 11.7. The molecule has 0 radical (unpaired) electrons. The first-order valence-corrected chi connectivity index (χ1v) is 19.0. The first-order chi connectivity index (χ1) is 21.6. The molecule has 0 bridgehead atoms. The van der Waals surface area contributed by atoms with E-state index in [1.54, 1.807) is 76.2 Å². The van der Waals surface area contributed by atoms with E-state index >= 15 is 0 Å². The Labute approximate surface area is 287 Å². The number of benzene rings is 4. The molecule has 0 saturated heterocycles. The van der Waals surface area contributed by atoms with Crippen molar-refractivity contribution in [3.8, 4) is 11.5 Å². The summed E-state index contributed by atoms with van der Waals surface area (Å²) < 4.78 is 61.1. The Morgan fingerprint density at radius 1 is 0.522 bits per heavy atom. The molecule has 0 aliphatic rings. The first kappa shape index (κ1) is 37.1. The summed E-state index contributed by atoms with van der Waals surface area (Å²) in [5, 5.41) is 0.415. The highest BCUT2D eigenvalue weighted by atomic mass is 79.9. The van der Waals surface area contributed by atoms with Crippen LogP contribution in [0.2, 0.25) is 0 Å². The molecule has 46 heavy (non-hydrogen) atoms. The smallest absolute Gasteiger partial charge is 0.206 e. The van der Waals surface area contributed by atoms with E-state index in [0.29, 0.717) is 44.9 Å². The highest BCUT2D eigenvalue weighted by molar-refractivity contribution is 9.09. The highest BCUT2D eigenvalue weighted by Crippen LogP contribution is 2.29. The van der Waals surface area contributed by atoms with Gasteiger partial charge in [-0.3, -0.25) is 9.59 Å². The van der Waals surface area contributed by atoms with Gasteiger partial charge < -0.3 is 9.47 Å². The van der Waals surface area contributed by atoms with Gasteiger partial charge in [0.25, 0.3) is 0 Å². The minimum Gasteiger partial charge on any atom is -0.497 e. The highest BCUT2D eigenvalue weighted by Gasteiger charge is 2.23. The first-order valence-electron chi connectivity index (χ1n) is 13.8. The van der Waals surface area contributed by atoms with Crippen LogP contribution in [0, 0.1) is 27.7 Å². The van der Waals surface area contributed by atoms with Crippen LogP contribution in [0.1, 0.15) is 43.0 Å². The van der Waals surface area contributed by atoms with Crippen LogP contribution in [0.25, 0.3) is 0 Å². The number of aryl methyl sites for hydroxylation is 4. The molecule has 8 nitrogen and oxygen atoms in total. The zero-order valence-corrected chi connectivity index (χ0v) is 31.0. The van der Waals surface area contributed by atoms with Crippen LogP contribution in [0.15, 0.2) is 92.4 Å². The summed E-state index contributed by atoms with van der Waals surface area (Å²) in [7, 11) is -4.23. The Bertz CT molecular complexity index is 1780. The number of hydrogen-bond donors (Lipinski definition) is 0. The average molecular weight is 795 g/mol. The van der Waals surface area contributed by atoms with Crippen LogP contribution in [-0.2, 0) is 19.7 Å². The Morgan fingerprint density at radius 2 is 0.783 bits per heavy atom. The molecule has 0 N–H and O–H groups in total. The van der Waals surface area contributed by atoms with E-state index in [1.165, 1.54) is 38.5 Å². The van der Waals surface area contributed by atoms with Crippen LogP contribution < -0.4 is 9.47 Å². The minimum atomic E-state index is -3.64. The number of alkyl halides is 2. The second kappa shape index (κ2) is 15.5. The van der Waals surface area contributed by atoms with Crippen molar-refractivity contribution in [1.82, 2.24) is 0 Å². The molecule has 0 spiro atoms. The fourth-order valence-corrected chi connectivity index (χ4v) is 8.37. The van der Waals surface area contributed by atoms with Crippen LogP contribution in [0.4, 0.5) is 0 Å². The molecule has 244 valence electrons. The number of carbonyl (C=O) groups excluding carboxylic acids is 2. The van der Waals surface area contributed by atoms with Crippen molar-refractivity contribution in [3.63, 3.8) is 0 Å². The fourth-order valence-electron chi connectivity index (χ4n) is 4.95. The summed E-state index contributed by atoms with van der Waals surface area (Å²) in [6, 6.07) is 18.6. The second-order valence-corrected chi connectivity index (χ2v) is 15.4. The Morgan fingerprint density at radius 3 is 1.00 bits per heavy atom. The third kappa shape index (κ3) is 8.14. The molecule has 0 fully saturated rings. The zero-order valence-electron chi connectivity index (χ0n) is 26.2. The molecule has 0 heterocycles. The zero-order chi connectivity index (χ0) is 34.4. The lowest BCUT2D eigenvalue weighted by Gasteiger charge is -2.12. The number of ketones is 2. The van der Waals surface area contributed by atoms with Crippen molar-refractivity contribution in [1.29, 1.82) is 0 Å². The number of ether oxygens (including phenoxy) is 2. The summed E-state index contributed by atoms with van der Waals surface area (Å²) in [5.41, 5.74) is 3.75. The molecule has 0 aliphatic heterocycles. The molecular formula is C34H34Br2O8S2. The SMILES string of the molecule is COc1ccc(S(=O)(=O)c2cc(C)c(C(=O)CBr)c(C)c2)cc1.COc1ccc(S(=O)(=O)c2cc(C)c(C(=O)CBr)c(C)c2)cc1. The number of methoxy groups -OCH3 is 2. The van der Waals surface area contributed by atoms with Gasteiger partial charge in [0, 0.05) is 11.1 Å². The lowest BCUT2D eigenvalue weighted by molar-refractivity contribution is 0.101.